The van der Waals surface area contributed by atoms with Crippen molar-refractivity contribution in [3.8, 4) is 5.75 Å². The van der Waals surface area contributed by atoms with Crippen LogP contribution in [0.25, 0.3) is 0 Å². The van der Waals surface area contributed by atoms with E-state index in [0.717, 1.165) is 4.90 Å². The number of benzene rings is 2. The zero-order valence-electron chi connectivity index (χ0n) is 16.3. The van der Waals surface area contributed by atoms with Gasteiger partial charge < -0.3 is 15.4 Å². The van der Waals surface area contributed by atoms with E-state index in [-0.39, 0.29) is 22.5 Å². The highest BCUT2D eigenvalue weighted by Crippen LogP contribution is 2.37. The number of thioether (sulfide) groups is 1. The Kier molecular flexibility index (Phi) is 6.18. The number of ether oxygens (including phenoxy) is 1. The molecule has 0 aliphatic carbocycles. The van der Waals surface area contributed by atoms with Gasteiger partial charge in [-0.3, -0.25) is 9.59 Å². The summed E-state index contributed by atoms with van der Waals surface area (Å²) in [4.78, 5) is 25.1. The minimum Gasteiger partial charge on any atom is -0.497 e. The molecule has 0 saturated carbocycles. The van der Waals surface area contributed by atoms with Crippen LogP contribution in [0.5, 0.6) is 5.75 Å². The number of sulfone groups is 1. The molecule has 2 aromatic carbocycles. The fraction of sp³-hybridized carbons (Fsp3) is 0.300. The van der Waals surface area contributed by atoms with E-state index in [1.807, 2.05) is 0 Å². The molecule has 0 fully saturated rings. The summed E-state index contributed by atoms with van der Waals surface area (Å²) in [5.74, 6) is 0.0943. The van der Waals surface area contributed by atoms with Crippen molar-refractivity contribution in [2.24, 2.45) is 0 Å². The SMILES string of the molecule is COc1ccc(NC(=O)CC(C)S(=O)(=O)c2ccc3c(c2)NC(=O)C(C)S3)cc1. The van der Waals surface area contributed by atoms with Crippen LogP contribution in [0.1, 0.15) is 20.3 Å². The highest BCUT2D eigenvalue weighted by atomic mass is 32.2. The predicted molar refractivity (Wildman–Crippen MR) is 113 cm³/mol. The first-order valence-corrected chi connectivity index (χ1v) is 11.4. The Labute approximate surface area is 174 Å². The van der Waals surface area contributed by atoms with Crippen LogP contribution in [0.15, 0.2) is 52.3 Å². The molecule has 0 radical (unpaired) electrons. The van der Waals surface area contributed by atoms with E-state index in [0.29, 0.717) is 17.1 Å². The molecule has 154 valence electrons. The molecule has 1 aliphatic heterocycles. The number of methoxy groups -OCH3 is 1. The Balaban J connectivity index is 1.71. The Morgan fingerprint density at radius 1 is 1.24 bits per heavy atom. The quantitative estimate of drug-likeness (QED) is 0.723. The third kappa shape index (κ3) is 4.73. The highest BCUT2D eigenvalue weighted by molar-refractivity contribution is 8.01. The lowest BCUT2D eigenvalue weighted by molar-refractivity contribution is -0.116. The van der Waals surface area contributed by atoms with Crippen LogP contribution in [0.3, 0.4) is 0 Å². The fourth-order valence-electron chi connectivity index (χ4n) is 2.85. The molecule has 0 saturated heterocycles. The normalized spacial score (nSPS) is 17.1. The van der Waals surface area contributed by atoms with Crippen LogP contribution in [0.2, 0.25) is 0 Å². The second-order valence-corrected chi connectivity index (χ2v) is 10.5. The van der Waals surface area contributed by atoms with E-state index in [2.05, 4.69) is 10.6 Å². The Morgan fingerprint density at radius 2 is 1.93 bits per heavy atom. The Hall–Kier alpha value is -2.52. The van der Waals surface area contributed by atoms with Gasteiger partial charge in [0.25, 0.3) is 0 Å². The standard InChI is InChI=1S/C20H22N2O5S2/c1-12(10-19(23)21-14-4-6-15(27-3)7-5-14)29(25,26)16-8-9-18-17(11-16)22-20(24)13(2)28-18/h4-9,11-13H,10H2,1-3H3,(H,21,23)(H,22,24). The maximum Gasteiger partial charge on any atom is 0.237 e. The molecule has 0 spiro atoms. The number of carbonyl (C=O) groups is 2. The van der Waals surface area contributed by atoms with Gasteiger partial charge in [0.05, 0.1) is 28.2 Å². The number of carbonyl (C=O) groups excluding carboxylic acids is 2. The van der Waals surface area contributed by atoms with Crippen molar-refractivity contribution in [1.29, 1.82) is 0 Å². The molecule has 0 bridgehead atoms. The van der Waals surface area contributed by atoms with Gasteiger partial charge in [0, 0.05) is 17.0 Å². The number of rotatable bonds is 6. The summed E-state index contributed by atoms with van der Waals surface area (Å²) in [6, 6.07) is 11.4. The second kappa shape index (κ2) is 8.46. The third-order valence-electron chi connectivity index (χ3n) is 4.59. The third-order valence-corrected chi connectivity index (χ3v) is 7.90. The molecular weight excluding hydrogens is 412 g/mol. The van der Waals surface area contributed by atoms with Gasteiger partial charge in [0.1, 0.15) is 5.75 Å². The van der Waals surface area contributed by atoms with E-state index < -0.39 is 21.0 Å². The Bertz CT molecular complexity index is 1040. The largest absolute Gasteiger partial charge is 0.497 e. The molecule has 2 amide bonds. The number of nitrogens with one attached hydrogen (secondary N) is 2. The van der Waals surface area contributed by atoms with E-state index in [1.165, 1.54) is 30.8 Å². The predicted octanol–water partition coefficient (Wildman–Crippen LogP) is 3.32. The van der Waals surface area contributed by atoms with Gasteiger partial charge in [-0.05, 0) is 56.3 Å². The van der Waals surface area contributed by atoms with E-state index >= 15 is 0 Å². The van der Waals surface area contributed by atoms with Crippen molar-refractivity contribution in [2.45, 2.75) is 40.6 Å². The zero-order valence-corrected chi connectivity index (χ0v) is 17.9. The Morgan fingerprint density at radius 3 is 2.59 bits per heavy atom. The molecule has 1 heterocycles. The number of amides is 2. The van der Waals surface area contributed by atoms with Gasteiger partial charge in [0.15, 0.2) is 9.84 Å². The van der Waals surface area contributed by atoms with Crippen molar-refractivity contribution in [3.05, 3.63) is 42.5 Å². The van der Waals surface area contributed by atoms with Crippen LogP contribution in [0.4, 0.5) is 11.4 Å². The summed E-state index contributed by atoms with van der Waals surface area (Å²) in [5, 5.41) is 4.26. The summed E-state index contributed by atoms with van der Waals surface area (Å²) < 4.78 is 30.9. The number of anilines is 2. The van der Waals surface area contributed by atoms with Gasteiger partial charge in [-0.1, -0.05) is 0 Å². The molecule has 3 rings (SSSR count). The van der Waals surface area contributed by atoms with Crippen LogP contribution in [-0.2, 0) is 19.4 Å². The first-order valence-electron chi connectivity index (χ1n) is 9.00. The minimum absolute atomic E-state index is 0.0800. The molecule has 1 aliphatic rings. The molecule has 9 heteroatoms. The van der Waals surface area contributed by atoms with E-state index in [1.54, 1.807) is 44.4 Å². The van der Waals surface area contributed by atoms with Crippen molar-refractivity contribution < 1.29 is 22.7 Å². The topological polar surface area (TPSA) is 102 Å². The number of fused-ring (bicyclic) bond motifs is 1. The summed E-state index contributed by atoms with van der Waals surface area (Å²) in [6.45, 7) is 3.29. The van der Waals surface area contributed by atoms with Crippen LogP contribution in [0, 0.1) is 0 Å². The second-order valence-electron chi connectivity index (χ2n) is 6.74. The highest BCUT2D eigenvalue weighted by Gasteiger charge is 2.29. The molecule has 29 heavy (non-hydrogen) atoms. The lowest BCUT2D eigenvalue weighted by Crippen LogP contribution is -2.27. The molecule has 0 aromatic heterocycles. The minimum atomic E-state index is -3.74. The molecular formula is C20H22N2O5S2. The van der Waals surface area contributed by atoms with Gasteiger partial charge in [-0.25, -0.2) is 8.42 Å². The first kappa shape index (κ1) is 21.2. The summed E-state index contributed by atoms with van der Waals surface area (Å²) in [6.07, 6.45) is -0.191. The van der Waals surface area contributed by atoms with Gasteiger partial charge >= 0.3 is 0 Å². The maximum atomic E-state index is 12.9. The van der Waals surface area contributed by atoms with E-state index in [9.17, 15) is 18.0 Å². The number of hydrogen-bond donors (Lipinski definition) is 2. The summed E-state index contributed by atoms with van der Waals surface area (Å²) in [5.41, 5.74) is 1.04. The van der Waals surface area contributed by atoms with Crippen molar-refractivity contribution in [2.75, 3.05) is 17.7 Å². The van der Waals surface area contributed by atoms with Gasteiger partial charge in [-0.2, -0.15) is 0 Å². The van der Waals surface area contributed by atoms with Gasteiger partial charge in [0.2, 0.25) is 11.8 Å². The lowest BCUT2D eigenvalue weighted by Gasteiger charge is -2.22. The zero-order chi connectivity index (χ0) is 21.2. The molecule has 7 nitrogen and oxygen atoms in total. The fourth-order valence-corrected chi connectivity index (χ4v) is 5.16. The molecule has 2 unspecified atom stereocenters. The van der Waals surface area contributed by atoms with Crippen molar-refractivity contribution in [1.82, 2.24) is 0 Å². The lowest BCUT2D eigenvalue weighted by atomic mass is 10.2. The van der Waals surface area contributed by atoms with Crippen LogP contribution in [-0.4, -0.2) is 37.8 Å². The van der Waals surface area contributed by atoms with Crippen LogP contribution < -0.4 is 15.4 Å². The smallest absolute Gasteiger partial charge is 0.237 e. The maximum absolute atomic E-state index is 12.9. The van der Waals surface area contributed by atoms with Crippen molar-refractivity contribution in [3.63, 3.8) is 0 Å². The summed E-state index contributed by atoms with van der Waals surface area (Å²) >= 11 is 1.38. The van der Waals surface area contributed by atoms with Crippen molar-refractivity contribution >= 4 is 44.8 Å². The van der Waals surface area contributed by atoms with E-state index in [4.69, 9.17) is 4.74 Å². The summed E-state index contributed by atoms with van der Waals surface area (Å²) in [7, 11) is -2.20. The van der Waals surface area contributed by atoms with Crippen LogP contribution >= 0.6 is 11.8 Å². The molecule has 2 aromatic rings. The average Bonchev–Trinajstić information content (AvgIpc) is 2.69. The monoisotopic (exact) mass is 434 g/mol. The first-order chi connectivity index (χ1) is 13.7. The molecule has 2 atom stereocenters. The average molecular weight is 435 g/mol. The number of hydrogen-bond acceptors (Lipinski definition) is 6. The molecule has 2 N–H and O–H groups in total. The van der Waals surface area contributed by atoms with Gasteiger partial charge in [-0.15, -0.1) is 11.8 Å².